The van der Waals surface area contributed by atoms with Crippen LogP contribution in [0, 0.1) is 0 Å². The van der Waals surface area contributed by atoms with E-state index in [1.807, 2.05) is 12.1 Å². The number of aromatic nitrogens is 1. The average molecular weight is 206 g/mol. The summed E-state index contributed by atoms with van der Waals surface area (Å²) in [7, 11) is 1.64. The van der Waals surface area contributed by atoms with Crippen molar-refractivity contribution in [2.45, 2.75) is 25.8 Å². The Morgan fingerprint density at radius 1 is 1.53 bits per heavy atom. The molecule has 2 N–H and O–H groups in total. The van der Waals surface area contributed by atoms with Crippen LogP contribution >= 0.6 is 0 Å². The van der Waals surface area contributed by atoms with Crippen LogP contribution in [0.25, 0.3) is 6.08 Å². The fourth-order valence-corrected chi connectivity index (χ4v) is 1.18. The highest BCUT2D eigenvalue weighted by Gasteiger charge is 1.95. The van der Waals surface area contributed by atoms with Crippen molar-refractivity contribution in [3.05, 3.63) is 30.1 Å². The van der Waals surface area contributed by atoms with E-state index in [-0.39, 0.29) is 6.04 Å². The van der Waals surface area contributed by atoms with E-state index < -0.39 is 0 Å². The van der Waals surface area contributed by atoms with Gasteiger partial charge in [-0.1, -0.05) is 19.1 Å². The zero-order valence-corrected chi connectivity index (χ0v) is 9.31. The first-order valence-corrected chi connectivity index (χ1v) is 5.17. The maximum atomic E-state index is 5.80. The van der Waals surface area contributed by atoms with Gasteiger partial charge in [-0.3, -0.25) is 4.98 Å². The highest BCUT2D eigenvalue weighted by Crippen LogP contribution is 2.11. The van der Waals surface area contributed by atoms with E-state index in [0.717, 1.165) is 24.2 Å². The van der Waals surface area contributed by atoms with Crippen LogP contribution in [-0.2, 0) is 0 Å². The van der Waals surface area contributed by atoms with E-state index in [2.05, 4.69) is 18.0 Å². The zero-order valence-electron chi connectivity index (χ0n) is 9.31. The molecule has 1 aromatic heterocycles. The number of hydrogen-bond acceptors (Lipinski definition) is 3. The fourth-order valence-electron chi connectivity index (χ4n) is 1.18. The monoisotopic (exact) mass is 206 g/mol. The minimum absolute atomic E-state index is 0.250. The Kier molecular flexibility index (Phi) is 4.84. The van der Waals surface area contributed by atoms with Crippen molar-refractivity contribution in [2.75, 3.05) is 7.11 Å². The third-order valence-corrected chi connectivity index (χ3v) is 2.24. The highest BCUT2D eigenvalue weighted by atomic mass is 16.5. The highest BCUT2D eigenvalue weighted by molar-refractivity contribution is 5.49. The van der Waals surface area contributed by atoms with Crippen LogP contribution in [0.15, 0.2) is 24.5 Å². The quantitative estimate of drug-likeness (QED) is 0.803. The Balaban J connectivity index is 2.56. The molecule has 1 unspecified atom stereocenters. The van der Waals surface area contributed by atoms with Crippen LogP contribution in [0.1, 0.15) is 25.3 Å². The molecule has 0 bridgehead atoms. The molecule has 3 nitrogen and oxygen atoms in total. The Bertz CT molecular complexity index is 323. The van der Waals surface area contributed by atoms with Gasteiger partial charge < -0.3 is 10.5 Å². The number of pyridine rings is 1. The van der Waals surface area contributed by atoms with Gasteiger partial charge in [0.2, 0.25) is 0 Å². The zero-order chi connectivity index (χ0) is 11.1. The molecule has 0 radical (unpaired) electrons. The average Bonchev–Trinajstić information content (AvgIpc) is 2.29. The Morgan fingerprint density at radius 3 is 3.00 bits per heavy atom. The summed E-state index contributed by atoms with van der Waals surface area (Å²) < 4.78 is 5.08. The molecule has 0 spiro atoms. The van der Waals surface area contributed by atoms with Crippen LogP contribution in [-0.4, -0.2) is 18.1 Å². The second-order valence-electron chi connectivity index (χ2n) is 3.46. The molecule has 82 valence electrons. The molecular weight excluding hydrogens is 188 g/mol. The summed E-state index contributed by atoms with van der Waals surface area (Å²) in [5.74, 6) is 0.775. The lowest BCUT2D eigenvalue weighted by atomic mass is 10.1. The lowest BCUT2D eigenvalue weighted by molar-refractivity contribution is 0.413. The van der Waals surface area contributed by atoms with Gasteiger partial charge in [0.15, 0.2) is 0 Å². The van der Waals surface area contributed by atoms with Crippen LogP contribution < -0.4 is 10.5 Å². The SMILES string of the molecule is CCC(N)CC=Cc1cncc(OC)c1. The number of ether oxygens (including phenoxy) is 1. The minimum Gasteiger partial charge on any atom is -0.495 e. The largest absolute Gasteiger partial charge is 0.495 e. The summed E-state index contributed by atoms with van der Waals surface area (Å²) in [6, 6.07) is 2.20. The topological polar surface area (TPSA) is 48.1 Å². The molecule has 1 aromatic rings. The summed E-state index contributed by atoms with van der Waals surface area (Å²) in [5, 5.41) is 0. The Hall–Kier alpha value is -1.35. The Morgan fingerprint density at radius 2 is 2.33 bits per heavy atom. The molecule has 0 saturated heterocycles. The first-order chi connectivity index (χ1) is 7.26. The van der Waals surface area contributed by atoms with Gasteiger partial charge in [0.25, 0.3) is 0 Å². The van der Waals surface area contributed by atoms with Crippen LogP contribution in [0.2, 0.25) is 0 Å². The summed E-state index contributed by atoms with van der Waals surface area (Å²) >= 11 is 0. The van der Waals surface area contributed by atoms with Gasteiger partial charge in [-0.2, -0.15) is 0 Å². The molecule has 0 aliphatic heterocycles. The number of nitrogens with two attached hydrogens (primary N) is 1. The van der Waals surface area contributed by atoms with Gasteiger partial charge in [0.1, 0.15) is 5.75 Å². The van der Waals surface area contributed by atoms with Gasteiger partial charge >= 0.3 is 0 Å². The van der Waals surface area contributed by atoms with Crippen molar-refractivity contribution in [1.82, 2.24) is 4.98 Å². The normalized spacial score (nSPS) is 13.0. The van der Waals surface area contributed by atoms with Crippen molar-refractivity contribution in [2.24, 2.45) is 5.73 Å². The third-order valence-electron chi connectivity index (χ3n) is 2.24. The molecule has 1 atom stereocenters. The van der Waals surface area contributed by atoms with Gasteiger partial charge in [-0.15, -0.1) is 0 Å². The van der Waals surface area contributed by atoms with E-state index in [9.17, 15) is 0 Å². The maximum Gasteiger partial charge on any atom is 0.137 e. The molecular formula is C12H18N2O. The molecule has 0 amide bonds. The minimum atomic E-state index is 0.250. The fraction of sp³-hybridized carbons (Fsp3) is 0.417. The van der Waals surface area contributed by atoms with Gasteiger partial charge in [0, 0.05) is 12.2 Å². The first kappa shape index (κ1) is 11.7. The van der Waals surface area contributed by atoms with Gasteiger partial charge in [0.05, 0.1) is 13.3 Å². The molecule has 0 aliphatic rings. The predicted molar refractivity (Wildman–Crippen MR) is 62.7 cm³/mol. The molecule has 3 heteroatoms. The summed E-state index contributed by atoms with van der Waals surface area (Å²) in [5.41, 5.74) is 6.84. The molecule has 0 saturated carbocycles. The number of nitrogens with zero attached hydrogens (tertiary/aromatic N) is 1. The van der Waals surface area contributed by atoms with Crippen molar-refractivity contribution in [3.8, 4) is 5.75 Å². The maximum absolute atomic E-state index is 5.80. The second kappa shape index (κ2) is 6.19. The van der Waals surface area contributed by atoms with Crippen molar-refractivity contribution >= 4 is 6.08 Å². The lowest BCUT2D eigenvalue weighted by Gasteiger charge is -2.03. The number of rotatable bonds is 5. The van der Waals surface area contributed by atoms with Gasteiger partial charge in [-0.05, 0) is 24.5 Å². The Labute approximate surface area is 91.0 Å². The van der Waals surface area contributed by atoms with Crippen LogP contribution in [0.5, 0.6) is 5.75 Å². The smallest absolute Gasteiger partial charge is 0.137 e. The van der Waals surface area contributed by atoms with E-state index in [4.69, 9.17) is 10.5 Å². The molecule has 0 aliphatic carbocycles. The summed E-state index contributed by atoms with van der Waals surface area (Å²) in [6.45, 7) is 2.09. The molecule has 0 aromatic carbocycles. The van der Waals surface area contributed by atoms with Crippen LogP contribution in [0.3, 0.4) is 0 Å². The number of hydrogen-bond donors (Lipinski definition) is 1. The molecule has 1 heterocycles. The predicted octanol–water partition coefficient (Wildman–Crippen LogP) is 2.23. The van der Waals surface area contributed by atoms with E-state index >= 15 is 0 Å². The summed E-state index contributed by atoms with van der Waals surface area (Å²) in [4.78, 5) is 4.07. The standard InChI is InChI=1S/C12H18N2O/c1-3-11(13)6-4-5-10-7-12(15-2)9-14-8-10/h4-5,7-9,11H,3,6,13H2,1-2H3. The third kappa shape index (κ3) is 4.13. The van der Waals surface area contributed by atoms with Crippen LogP contribution in [0.4, 0.5) is 0 Å². The van der Waals surface area contributed by atoms with E-state index in [1.165, 1.54) is 0 Å². The second-order valence-corrected chi connectivity index (χ2v) is 3.46. The first-order valence-electron chi connectivity index (χ1n) is 5.17. The van der Waals surface area contributed by atoms with Crippen molar-refractivity contribution in [3.63, 3.8) is 0 Å². The molecule has 15 heavy (non-hydrogen) atoms. The number of methoxy groups -OCH3 is 1. The van der Waals surface area contributed by atoms with E-state index in [0.29, 0.717) is 0 Å². The van der Waals surface area contributed by atoms with E-state index in [1.54, 1.807) is 19.5 Å². The molecule has 1 rings (SSSR count). The molecule has 0 fully saturated rings. The summed E-state index contributed by atoms with van der Waals surface area (Å²) in [6.07, 6.45) is 9.48. The van der Waals surface area contributed by atoms with Gasteiger partial charge in [-0.25, -0.2) is 0 Å². The van der Waals surface area contributed by atoms with Crippen molar-refractivity contribution in [1.29, 1.82) is 0 Å². The lowest BCUT2D eigenvalue weighted by Crippen LogP contribution is -2.16. The van der Waals surface area contributed by atoms with Crippen molar-refractivity contribution < 1.29 is 4.74 Å².